The minimum absolute atomic E-state index is 0.198. The molecule has 1 amide bonds. The van der Waals surface area contributed by atoms with Gasteiger partial charge in [0.1, 0.15) is 6.04 Å². The summed E-state index contributed by atoms with van der Waals surface area (Å²) in [4.78, 5) is 17.5. The van der Waals surface area contributed by atoms with Gasteiger partial charge in [-0.2, -0.15) is 0 Å². The summed E-state index contributed by atoms with van der Waals surface area (Å²) < 4.78 is 10.9. The lowest BCUT2D eigenvalue weighted by Gasteiger charge is -2.34. The fourth-order valence-corrected chi connectivity index (χ4v) is 3.93. The first-order valence-electron chi connectivity index (χ1n) is 9.65. The van der Waals surface area contributed by atoms with Gasteiger partial charge in [0.15, 0.2) is 11.5 Å². The number of benzene rings is 2. The minimum atomic E-state index is -0.283. The van der Waals surface area contributed by atoms with Crippen molar-refractivity contribution in [1.29, 1.82) is 0 Å². The summed E-state index contributed by atoms with van der Waals surface area (Å²) in [5, 5.41) is 0. The molecule has 0 N–H and O–H groups in total. The van der Waals surface area contributed by atoms with E-state index in [1.807, 2.05) is 60.5 Å². The molecule has 2 aliphatic rings. The van der Waals surface area contributed by atoms with Crippen LogP contribution in [-0.2, 0) is 11.3 Å². The van der Waals surface area contributed by atoms with Crippen molar-refractivity contribution in [3.63, 3.8) is 0 Å². The molecule has 0 radical (unpaired) electrons. The maximum absolute atomic E-state index is 13.4. The number of carbonyl (C=O) groups is 1. The largest absolute Gasteiger partial charge is 0.454 e. The highest BCUT2D eigenvalue weighted by molar-refractivity contribution is 5.83. The number of likely N-dealkylation sites (tertiary alicyclic amines) is 1. The molecule has 1 saturated heterocycles. The van der Waals surface area contributed by atoms with Crippen LogP contribution in [-0.4, -0.2) is 42.6 Å². The molecule has 0 spiro atoms. The third-order valence-corrected chi connectivity index (χ3v) is 5.33. The van der Waals surface area contributed by atoms with E-state index < -0.39 is 0 Å². The zero-order chi connectivity index (χ0) is 18.6. The van der Waals surface area contributed by atoms with Crippen LogP contribution in [0, 0.1) is 0 Å². The van der Waals surface area contributed by atoms with Crippen molar-refractivity contribution >= 4 is 5.91 Å². The van der Waals surface area contributed by atoms with E-state index in [2.05, 4.69) is 4.90 Å². The molecule has 4 rings (SSSR count). The van der Waals surface area contributed by atoms with Gasteiger partial charge in [0.2, 0.25) is 12.7 Å². The van der Waals surface area contributed by atoms with Crippen LogP contribution < -0.4 is 9.47 Å². The predicted octanol–water partition coefficient (Wildman–Crippen LogP) is 3.60. The number of carbonyl (C=O) groups excluding carboxylic acids is 1. The van der Waals surface area contributed by atoms with E-state index in [1.54, 1.807) is 0 Å². The molecular formula is C22H26N2O3. The van der Waals surface area contributed by atoms with Crippen LogP contribution in [0.4, 0.5) is 0 Å². The molecule has 5 nitrogen and oxygen atoms in total. The number of nitrogens with zero attached hydrogens (tertiary/aromatic N) is 2. The average molecular weight is 366 g/mol. The summed E-state index contributed by atoms with van der Waals surface area (Å²) in [5.41, 5.74) is 2.14. The normalized spacial score (nSPS) is 17.2. The summed E-state index contributed by atoms with van der Waals surface area (Å²) in [6.45, 7) is 2.66. The summed E-state index contributed by atoms with van der Waals surface area (Å²) in [6, 6.07) is 15.8. The van der Waals surface area contributed by atoms with Crippen molar-refractivity contribution in [2.24, 2.45) is 0 Å². The first kappa shape index (κ1) is 17.9. The van der Waals surface area contributed by atoms with Gasteiger partial charge in [-0.15, -0.1) is 0 Å². The van der Waals surface area contributed by atoms with Gasteiger partial charge in [0, 0.05) is 19.6 Å². The average Bonchev–Trinajstić information content (AvgIpc) is 3.17. The van der Waals surface area contributed by atoms with Crippen LogP contribution in [0.5, 0.6) is 11.5 Å². The summed E-state index contributed by atoms with van der Waals surface area (Å²) in [6.07, 6.45) is 3.41. The number of hydrogen-bond donors (Lipinski definition) is 0. The lowest BCUT2D eigenvalue weighted by molar-refractivity contribution is -0.138. The highest BCUT2D eigenvalue weighted by Gasteiger charge is 2.30. The first-order valence-corrected chi connectivity index (χ1v) is 9.65. The Morgan fingerprint density at radius 3 is 2.56 bits per heavy atom. The summed E-state index contributed by atoms with van der Waals surface area (Å²) >= 11 is 0. The van der Waals surface area contributed by atoms with Gasteiger partial charge < -0.3 is 14.4 Å². The molecule has 0 saturated carbocycles. The number of ether oxygens (including phenoxy) is 2. The van der Waals surface area contributed by atoms with Gasteiger partial charge in [0.25, 0.3) is 0 Å². The SMILES string of the molecule is CN(Cc1ccc2c(c1)OCO2)[C@H](C(=O)N1CCCCC1)c1ccccc1. The van der Waals surface area contributed by atoms with Crippen molar-refractivity contribution < 1.29 is 14.3 Å². The fraction of sp³-hybridized carbons (Fsp3) is 0.409. The fourth-order valence-electron chi connectivity index (χ4n) is 3.93. The second-order valence-electron chi connectivity index (χ2n) is 7.30. The number of piperidine rings is 1. The van der Waals surface area contributed by atoms with E-state index in [0.29, 0.717) is 6.54 Å². The standard InChI is InChI=1S/C22H26N2O3/c1-23(15-17-10-11-19-20(14-17)27-16-26-19)21(18-8-4-2-5-9-18)22(25)24-12-6-3-7-13-24/h2,4-5,8-11,14,21H,3,6-7,12-13,15-16H2,1H3/t21-/m0/s1. The van der Waals surface area contributed by atoms with Crippen LogP contribution in [0.1, 0.15) is 36.4 Å². The van der Waals surface area contributed by atoms with Gasteiger partial charge in [-0.1, -0.05) is 36.4 Å². The molecule has 2 aliphatic heterocycles. The predicted molar refractivity (Wildman–Crippen MR) is 104 cm³/mol. The number of hydrogen-bond acceptors (Lipinski definition) is 4. The summed E-state index contributed by atoms with van der Waals surface area (Å²) in [7, 11) is 2.02. The second kappa shape index (κ2) is 8.01. The van der Waals surface area contributed by atoms with E-state index in [0.717, 1.165) is 48.6 Å². The van der Waals surface area contributed by atoms with E-state index in [1.165, 1.54) is 6.42 Å². The molecule has 1 fully saturated rings. The molecule has 1 atom stereocenters. The molecule has 2 aromatic rings. The first-order chi connectivity index (χ1) is 13.2. The van der Waals surface area contributed by atoms with Crippen LogP contribution in [0.25, 0.3) is 0 Å². The van der Waals surface area contributed by atoms with Gasteiger partial charge in [-0.25, -0.2) is 0 Å². The Kier molecular flexibility index (Phi) is 5.30. The molecule has 0 aromatic heterocycles. The van der Waals surface area contributed by atoms with Gasteiger partial charge in [-0.3, -0.25) is 9.69 Å². The van der Waals surface area contributed by atoms with Crippen LogP contribution in [0.3, 0.4) is 0 Å². The second-order valence-corrected chi connectivity index (χ2v) is 7.30. The van der Waals surface area contributed by atoms with Crippen molar-refractivity contribution in [3.8, 4) is 11.5 Å². The van der Waals surface area contributed by atoms with Crippen molar-refractivity contribution in [3.05, 3.63) is 59.7 Å². The van der Waals surface area contributed by atoms with Gasteiger partial charge in [0.05, 0.1) is 0 Å². The zero-order valence-corrected chi connectivity index (χ0v) is 15.8. The molecule has 2 aromatic carbocycles. The topological polar surface area (TPSA) is 42.0 Å². The number of amides is 1. The van der Waals surface area contributed by atoms with Gasteiger partial charge >= 0.3 is 0 Å². The Hall–Kier alpha value is -2.53. The van der Waals surface area contributed by atoms with Crippen molar-refractivity contribution in [2.75, 3.05) is 26.9 Å². The van der Waals surface area contributed by atoms with Crippen LogP contribution in [0.2, 0.25) is 0 Å². The lowest BCUT2D eigenvalue weighted by Crippen LogP contribution is -2.43. The molecule has 2 heterocycles. The Labute approximate surface area is 160 Å². The zero-order valence-electron chi connectivity index (χ0n) is 15.8. The van der Waals surface area contributed by atoms with Crippen molar-refractivity contribution in [2.45, 2.75) is 31.8 Å². The highest BCUT2D eigenvalue weighted by atomic mass is 16.7. The molecule has 27 heavy (non-hydrogen) atoms. The Balaban J connectivity index is 1.56. The quantitative estimate of drug-likeness (QED) is 0.811. The van der Waals surface area contributed by atoms with Crippen LogP contribution >= 0.6 is 0 Å². The molecule has 0 unspecified atom stereocenters. The molecule has 0 bridgehead atoms. The van der Waals surface area contributed by atoms with E-state index in [9.17, 15) is 4.79 Å². The molecule has 0 aliphatic carbocycles. The maximum atomic E-state index is 13.4. The van der Waals surface area contributed by atoms with E-state index in [-0.39, 0.29) is 18.7 Å². The molecule has 142 valence electrons. The highest BCUT2D eigenvalue weighted by Crippen LogP contribution is 2.33. The van der Waals surface area contributed by atoms with Gasteiger partial charge in [-0.05, 0) is 49.6 Å². The van der Waals surface area contributed by atoms with Crippen LogP contribution in [0.15, 0.2) is 48.5 Å². The molecular weight excluding hydrogens is 340 g/mol. The number of fused-ring (bicyclic) bond motifs is 1. The maximum Gasteiger partial charge on any atom is 0.244 e. The smallest absolute Gasteiger partial charge is 0.244 e. The van der Waals surface area contributed by atoms with E-state index in [4.69, 9.17) is 9.47 Å². The molecule has 5 heteroatoms. The monoisotopic (exact) mass is 366 g/mol. The third-order valence-electron chi connectivity index (χ3n) is 5.33. The lowest BCUT2D eigenvalue weighted by atomic mass is 10.0. The summed E-state index contributed by atoms with van der Waals surface area (Å²) in [5.74, 6) is 1.76. The number of rotatable bonds is 5. The third kappa shape index (κ3) is 3.93. The van der Waals surface area contributed by atoms with E-state index >= 15 is 0 Å². The number of likely N-dealkylation sites (N-methyl/N-ethyl adjacent to an activating group) is 1. The van der Waals surface area contributed by atoms with Crippen molar-refractivity contribution in [1.82, 2.24) is 9.80 Å². The Morgan fingerprint density at radius 1 is 1.04 bits per heavy atom. The Morgan fingerprint density at radius 2 is 1.78 bits per heavy atom. The Bertz CT molecular complexity index is 787. The minimum Gasteiger partial charge on any atom is -0.454 e.